The molecule has 1 fully saturated rings. The Morgan fingerprint density at radius 2 is 2.15 bits per heavy atom. The fourth-order valence-electron chi connectivity index (χ4n) is 2.11. The number of carbonyl (C=O) groups is 1. The van der Waals surface area contributed by atoms with E-state index in [0.717, 1.165) is 12.8 Å². The van der Waals surface area contributed by atoms with Gasteiger partial charge in [0.25, 0.3) is 0 Å². The van der Waals surface area contributed by atoms with Crippen molar-refractivity contribution in [2.75, 3.05) is 18.4 Å². The smallest absolute Gasteiger partial charge is 0.387 e. The minimum atomic E-state index is -2.88. The van der Waals surface area contributed by atoms with Crippen molar-refractivity contribution in [1.82, 2.24) is 4.90 Å². The molecule has 1 aliphatic rings. The van der Waals surface area contributed by atoms with Crippen LogP contribution in [0.15, 0.2) is 24.3 Å². The number of likely N-dealkylation sites (N-methyl/N-ethyl adjacent to an activating group) is 1. The van der Waals surface area contributed by atoms with Gasteiger partial charge in [0.15, 0.2) is 0 Å². The Labute approximate surface area is 116 Å². The molecule has 1 aliphatic carbocycles. The molecule has 1 saturated carbocycles. The number of halogens is 2. The summed E-state index contributed by atoms with van der Waals surface area (Å²) >= 11 is 0. The number of carbonyl (C=O) groups excluding carboxylic acids is 1. The van der Waals surface area contributed by atoms with E-state index in [1.807, 2.05) is 11.8 Å². The number of rotatable bonds is 7. The first kappa shape index (κ1) is 14.6. The van der Waals surface area contributed by atoms with E-state index in [9.17, 15) is 13.6 Å². The van der Waals surface area contributed by atoms with Gasteiger partial charge in [-0.15, -0.1) is 0 Å². The zero-order chi connectivity index (χ0) is 14.5. The van der Waals surface area contributed by atoms with E-state index in [4.69, 9.17) is 0 Å². The lowest BCUT2D eigenvalue weighted by Gasteiger charge is -2.21. The van der Waals surface area contributed by atoms with Crippen LogP contribution >= 0.6 is 0 Å². The fourth-order valence-corrected chi connectivity index (χ4v) is 2.11. The monoisotopic (exact) mass is 284 g/mol. The molecule has 0 spiro atoms. The first-order valence-electron chi connectivity index (χ1n) is 6.69. The van der Waals surface area contributed by atoms with Crippen LogP contribution in [0.2, 0.25) is 0 Å². The number of hydrogen-bond acceptors (Lipinski definition) is 3. The maximum Gasteiger partial charge on any atom is 0.387 e. The van der Waals surface area contributed by atoms with Crippen molar-refractivity contribution in [3.05, 3.63) is 24.3 Å². The Morgan fingerprint density at radius 1 is 1.45 bits per heavy atom. The number of ether oxygens (including phenoxy) is 1. The summed E-state index contributed by atoms with van der Waals surface area (Å²) in [5.41, 5.74) is 0.396. The van der Waals surface area contributed by atoms with Crippen LogP contribution in [-0.4, -0.2) is 36.5 Å². The molecule has 0 heterocycles. The first-order valence-corrected chi connectivity index (χ1v) is 6.69. The van der Waals surface area contributed by atoms with Crippen LogP contribution in [0.1, 0.15) is 19.8 Å². The maximum atomic E-state index is 12.3. The number of nitrogens with one attached hydrogen (secondary N) is 1. The number of para-hydroxylation sites is 2. The molecule has 0 atom stereocenters. The van der Waals surface area contributed by atoms with Crippen LogP contribution in [0, 0.1) is 0 Å². The third kappa shape index (κ3) is 3.82. The highest BCUT2D eigenvalue weighted by Gasteiger charge is 2.31. The highest BCUT2D eigenvalue weighted by atomic mass is 19.3. The van der Waals surface area contributed by atoms with E-state index in [2.05, 4.69) is 10.1 Å². The van der Waals surface area contributed by atoms with Crippen molar-refractivity contribution in [3.8, 4) is 5.75 Å². The molecule has 6 heteroatoms. The van der Waals surface area contributed by atoms with Gasteiger partial charge >= 0.3 is 6.61 Å². The number of nitrogens with zero attached hydrogens (tertiary/aromatic N) is 1. The molecular weight excluding hydrogens is 266 g/mol. The summed E-state index contributed by atoms with van der Waals surface area (Å²) in [5, 5.41) is 2.87. The van der Waals surface area contributed by atoms with Gasteiger partial charge in [-0.05, 0) is 31.9 Å². The van der Waals surface area contributed by atoms with Crippen LogP contribution in [0.3, 0.4) is 0 Å². The van der Waals surface area contributed by atoms with E-state index < -0.39 is 6.61 Å². The summed E-state index contributed by atoms with van der Waals surface area (Å²) < 4.78 is 28.9. The molecule has 1 N–H and O–H groups in total. The number of alkyl halides is 2. The van der Waals surface area contributed by atoms with Crippen LogP contribution in [0.4, 0.5) is 14.5 Å². The summed E-state index contributed by atoms with van der Waals surface area (Å²) in [4.78, 5) is 13.8. The normalized spacial score (nSPS) is 14.2. The van der Waals surface area contributed by atoms with Gasteiger partial charge in [0.1, 0.15) is 5.75 Å². The summed E-state index contributed by atoms with van der Waals surface area (Å²) in [7, 11) is 0. The van der Waals surface area contributed by atoms with Gasteiger partial charge in [0, 0.05) is 12.6 Å². The Kier molecular flexibility index (Phi) is 4.76. The van der Waals surface area contributed by atoms with Crippen molar-refractivity contribution < 1.29 is 18.3 Å². The Morgan fingerprint density at radius 3 is 2.75 bits per heavy atom. The van der Waals surface area contributed by atoms with Crippen molar-refractivity contribution in [2.24, 2.45) is 0 Å². The molecule has 0 aliphatic heterocycles. The quantitative estimate of drug-likeness (QED) is 0.837. The lowest BCUT2D eigenvalue weighted by Crippen LogP contribution is -2.37. The van der Waals surface area contributed by atoms with Gasteiger partial charge in [-0.25, -0.2) is 0 Å². The highest BCUT2D eigenvalue weighted by molar-refractivity contribution is 5.82. The van der Waals surface area contributed by atoms with Crippen molar-refractivity contribution in [2.45, 2.75) is 32.4 Å². The van der Waals surface area contributed by atoms with E-state index in [-0.39, 0.29) is 18.2 Å². The minimum absolute atomic E-state index is 0.0261. The van der Waals surface area contributed by atoms with Gasteiger partial charge in [-0.1, -0.05) is 12.1 Å². The van der Waals surface area contributed by atoms with E-state index in [1.54, 1.807) is 18.2 Å². The molecule has 0 bridgehead atoms. The summed E-state index contributed by atoms with van der Waals surface area (Å²) in [5.74, 6) is 0.0200. The topological polar surface area (TPSA) is 41.6 Å². The van der Waals surface area contributed by atoms with Crippen LogP contribution < -0.4 is 10.1 Å². The lowest BCUT2D eigenvalue weighted by molar-refractivity contribution is -0.129. The standard InChI is InChI=1S/C14H18F2N2O2/c1-2-18(10-7-8-10)13(19)9-17-11-5-3-4-6-12(11)20-14(15)16/h3-6,10,14,17H,2,7-9H2,1H3. The fraction of sp³-hybridized carbons (Fsp3) is 0.500. The number of anilines is 1. The van der Waals surface area contributed by atoms with E-state index in [0.29, 0.717) is 18.3 Å². The number of amides is 1. The first-order chi connectivity index (χ1) is 9.61. The SMILES string of the molecule is CCN(C(=O)CNc1ccccc1OC(F)F)C1CC1. The number of benzene rings is 1. The van der Waals surface area contributed by atoms with Crippen LogP contribution in [0.5, 0.6) is 5.75 Å². The summed E-state index contributed by atoms with van der Waals surface area (Å²) in [6, 6.07) is 6.70. The highest BCUT2D eigenvalue weighted by Crippen LogP contribution is 2.28. The molecule has 110 valence electrons. The average Bonchev–Trinajstić information content (AvgIpc) is 3.22. The molecule has 2 rings (SSSR count). The molecule has 1 aromatic rings. The second-order valence-electron chi connectivity index (χ2n) is 4.64. The van der Waals surface area contributed by atoms with E-state index in [1.165, 1.54) is 6.07 Å². The van der Waals surface area contributed by atoms with Crippen molar-refractivity contribution in [1.29, 1.82) is 0 Å². The largest absolute Gasteiger partial charge is 0.433 e. The second-order valence-corrected chi connectivity index (χ2v) is 4.64. The Bertz CT molecular complexity index is 464. The van der Waals surface area contributed by atoms with Crippen molar-refractivity contribution >= 4 is 11.6 Å². The van der Waals surface area contributed by atoms with Gasteiger partial charge in [-0.3, -0.25) is 4.79 Å². The molecule has 1 amide bonds. The maximum absolute atomic E-state index is 12.3. The molecule has 0 aromatic heterocycles. The minimum Gasteiger partial charge on any atom is -0.433 e. The van der Waals surface area contributed by atoms with Crippen LogP contribution in [-0.2, 0) is 4.79 Å². The molecule has 0 saturated heterocycles. The lowest BCUT2D eigenvalue weighted by atomic mass is 10.3. The summed E-state index contributed by atoms with van der Waals surface area (Å²) in [6.45, 7) is -0.203. The zero-order valence-corrected chi connectivity index (χ0v) is 11.3. The van der Waals surface area contributed by atoms with Crippen LogP contribution in [0.25, 0.3) is 0 Å². The molecule has 0 unspecified atom stereocenters. The molecule has 1 aromatic carbocycles. The Balaban J connectivity index is 1.94. The predicted molar refractivity (Wildman–Crippen MR) is 72.0 cm³/mol. The van der Waals surface area contributed by atoms with E-state index >= 15 is 0 Å². The molecule has 20 heavy (non-hydrogen) atoms. The number of hydrogen-bond donors (Lipinski definition) is 1. The molecular formula is C14H18F2N2O2. The third-order valence-electron chi connectivity index (χ3n) is 3.18. The van der Waals surface area contributed by atoms with Gasteiger partial charge in [0.2, 0.25) is 5.91 Å². The van der Waals surface area contributed by atoms with Crippen molar-refractivity contribution in [3.63, 3.8) is 0 Å². The second kappa shape index (κ2) is 6.54. The van der Waals surface area contributed by atoms with Gasteiger partial charge in [-0.2, -0.15) is 8.78 Å². The van der Waals surface area contributed by atoms with Gasteiger partial charge < -0.3 is 15.0 Å². The average molecular weight is 284 g/mol. The molecule has 4 nitrogen and oxygen atoms in total. The van der Waals surface area contributed by atoms with Gasteiger partial charge in [0.05, 0.1) is 12.2 Å². The third-order valence-corrected chi connectivity index (χ3v) is 3.18. The predicted octanol–water partition coefficient (Wildman–Crippen LogP) is 2.71. The Hall–Kier alpha value is -1.85. The summed E-state index contributed by atoms with van der Waals surface area (Å²) in [6.07, 6.45) is 2.09. The zero-order valence-electron chi connectivity index (χ0n) is 11.3. The molecule has 0 radical (unpaired) electrons.